The molecule has 0 spiro atoms. The molecule has 3 nitrogen and oxygen atoms in total. The van der Waals surface area contributed by atoms with Crippen LogP contribution in [0.5, 0.6) is 0 Å². The molecule has 0 aliphatic rings. The number of nitrogens with zero attached hydrogens (tertiary/aromatic N) is 3. The van der Waals surface area contributed by atoms with Crippen molar-refractivity contribution in [2.24, 2.45) is 0 Å². The summed E-state index contributed by atoms with van der Waals surface area (Å²) in [6, 6.07) is 64.3. The minimum atomic E-state index is 0.682. The van der Waals surface area contributed by atoms with Crippen molar-refractivity contribution < 1.29 is 4.40 Å². The summed E-state index contributed by atoms with van der Waals surface area (Å²) in [4.78, 5) is 10.7. The fourth-order valence-corrected chi connectivity index (χ4v) is 6.72. The minimum absolute atomic E-state index is 0.682. The molecule has 0 atom stereocenters. The van der Waals surface area contributed by atoms with E-state index in [-0.39, 0.29) is 0 Å². The quantitative estimate of drug-likeness (QED) is 0.185. The molecule has 0 aliphatic heterocycles. The second-order valence-electron chi connectivity index (χ2n) is 12.1. The van der Waals surface area contributed by atoms with Crippen molar-refractivity contribution >= 4 is 38.1 Å². The van der Waals surface area contributed by atoms with E-state index < -0.39 is 0 Å². The molecule has 0 amide bonds. The van der Waals surface area contributed by atoms with Gasteiger partial charge in [0, 0.05) is 0 Å². The summed E-state index contributed by atoms with van der Waals surface area (Å²) in [7, 11) is 0. The van der Waals surface area contributed by atoms with Crippen molar-refractivity contribution in [2.45, 2.75) is 0 Å². The molecule has 48 heavy (non-hydrogen) atoms. The maximum atomic E-state index is 5.38. The maximum absolute atomic E-state index is 5.38. The molecule has 0 radical (unpaired) electrons. The Morgan fingerprint density at radius 3 is 1.56 bits per heavy atom. The number of hydrogen-bond donors (Lipinski definition) is 0. The van der Waals surface area contributed by atoms with Crippen LogP contribution in [-0.2, 0) is 0 Å². The van der Waals surface area contributed by atoms with E-state index in [0.717, 1.165) is 61.0 Å². The van der Waals surface area contributed by atoms with E-state index in [1.165, 1.54) is 16.3 Å². The molecule has 3 heteroatoms. The van der Waals surface area contributed by atoms with E-state index in [9.17, 15) is 0 Å². The number of fused-ring (bicyclic) bond motifs is 10. The smallest absolute Gasteiger partial charge is 0.192 e. The lowest BCUT2D eigenvalue weighted by molar-refractivity contribution is -0.474. The summed E-state index contributed by atoms with van der Waals surface area (Å²) in [6.07, 6.45) is 0. The van der Waals surface area contributed by atoms with Crippen molar-refractivity contribution in [3.05, 3.63) is 182 Å². The van der Waals surface area contributed by atoms with Gasteiger partial charge >= 0.3 is 5.82 Å². The number of benzene rings is 7. The summed E-state index contributed by atoms with van der Waals surface area (Å²) in [6.45, 7) is 0. The third kappa shape index (κ3) is 4.99. The van der Waals surface area contributed by atoms with Crippen LogP contribution in [0.25, 0.3) is 83.1 Å². The van der Waals surface area contributed by atoms with Gasteiger partial charge in [-0.05, 0) is 98.4 Å². The molecule has 7 aromatic carbocycles. The third-order valence-electron chi connectivity index (χ3n) is 9.08. The Hall–Kier alpha value is -6.45. The molecule has 2 heterocycles. The Kier molecular flexibility index (Phi) is 6.80. The largest absolute Gasteiger partial charge is 0.308 e. The zero-order valence-corrected chi connectivity index (χ0v) is 26.2. The van der Waals surface area contributed by atoms with E-state index in [2.05, 4.69) is 174 Å². The molecule has 9 aromatic rings. The molecule has 224 valence electrons. The van der Waals surface area contributed by atoms with Crippen LogP contribution in [-0.4, -0.2) is 9.97 Å². The molecule has 0 unspecified atom stereocenters. The van der Waals surface area contributed by atoms with Gasteiger partial charge in [-0.1, -0.05) is 137 Å². The lowest BCUT2D eigenvalue weighted by Crippen LogP contribution is -2.29. The summed E-state index contributed by atoms with van der Waals surface area (Å²) >= 11 is 0. The highest BCUT2D eigenvalue weighted by atomic mass is 15.1. The highest BCUT2D eigenvalue weighted by Gasteiger charge is 2.22. The lowest BCUT2D eigenvalue weighted by atomic mass is 9.99. The second kappa shape index (κ2) is 11.7. The first-order chi connectivity index (χ1) is 23.8. The van der Waals surface area contributed by atoms with Gasteiger partial charge in [0.25, 0.3) is 11.5 Å². The van der Waals surface area contributed by atoms with Crippen LogP contribution in [0.4, 0.5) is 0 Å². The fraction of sp³-hybridized carbons (Fsp3) is 0. The number of aromatic nitrogens is 3. The molecule has 0 aliphatic carbocycles. The summed E-state index contributed by atoms with van der Waals surface area (Å²) in [5, 5.41) is 5.70. The first kappa shape index (κ1) is 27.8. The van der Waals surface area contributed by atoms with Crippen LogP contribution in [0, 0.1) is 0 Å². The average molecular weight is 613 g/mol. The maximum Gasteiger partial charge on any atom is 0.308 e. The van der Waals surface area contributed by atoms with E-state index in [4.69, 9.17) is 9.97 Å². The molecule has 0 N–H and O–H groups in total. The van der Waals surface area contributed by atoms with Gasteiger partial charge in [-0.15, -0.1) is 0 Å². The van der Waals surface area contributed by atoms with Crippen LogP contribution in [0.1, 0.15) is 0 Å². The lowest BCUT2D eigenvalue weighted by Gasteiger charge is -2.10. The molecular formula is C45H30N3+. The highest BCUT2D eigenvalue weighted by Crippen LogP contribution is 2.31. The zero-order valence-electron chi connectivity index (χ0n) is 26.2. The minimum Gasteiger partial charge on any atom is -0.192 e. The molecule has 0 saturated carbocycles. The van der Waals surface area contributed by atoms with Crippen molar-refractivity contribution in [3.63, 3.8) is 0 Å². The molecule has 9 rings (SSSR count). The van der Waals surface area contributed by atoms with E-state index in [1.54, 1.807) is 0 Å². The van der Waals surface area contributed by atoms with Crippen molar-refractivity contribution in [1.29, 1.82) is 0 Å². The first-order valence-electron chi connectivity index (χ1n) is 16.2. The number of hydrogen-bond acceptors (Lipinski definition) is 2. The topological polar surface area (TPSA) is 29.9 Å². The monoisotopic (exact) mass is 612 g/mol. The zero-order chi connectivity index (χ0) is 31.9. The van der Waals surface area contributed by atoms with Gasteiger partial charge in [-0.2, -0.15) is 4.40 Å². The van der Waals surface area contributed by atoms with Crippen molar-refractivity contribution in [2.75, 3.05) is 0 Å². The van der Waals surface area contributed by atoms with Crippen LogP contribution in [0.15, 0.2) is 182 Å². The Bertz CT molecular complexity index is 2630. The van der Waals surface area contributed by atoms with E-state index in [1.807, 2.05) is 12.1 Å². The predicted octanol–water partition coefficient (Wildman–Crippen LogP) is 10.9. The summed E-state index contributed by atoms with van der Waals surface area (Å²) in [5.41, 5.74) is 8.47. The van der Waals surface area contributed by atoms with Gasteiger partial charge in [-0.3, -0.25) is 0 Å². The summed E-state index contributed by atoms with van der Waals surface area (Å²) < 4.78 is 2.24. The van der Waals surface area contributed by atoms with Gasteiger partial charge in [0.1, 0.15) is 5.52 Å². The van der Waals surface area contributed by atoms with Gasteiger partial charge in [0.05, 0.1) is 16.5 Å². The second-order valence-corrected chi connectivity index (χ2v) is 12.1. The van der Waals surface area contributed by atoms with Gasteiger partial charge in [0.15, 0.2) is 0 Å². The highest BCUT2D eigenvalue weighted by molar-refractivity contribution is 6.07. The SMILES string of the molecule is c1ccc(-c2ccc(-c3nc(-c4ccccc4)[n+]4c5cc(-c6ccccc6)cc(c5)c5ccccc5c5cccc(c5)c4n3)cc2)cc1. The van der Waals surface area contributed by atoms with Crippen molar-refractivity contribution in [3.8, 4) is 45.0 Å². The Morgan fingerprint density at radius 2 is 0.875 bits per heavy atom. The molecule has 0 fully saturated rings. The van der Waals surface area contributed by atoms with Crippen LogP contribution in [0.3, 0.4) is 0 Å². The first-order valence-corrected chi connectivity index (χ1v) is 16.2. The Labute approximate surface area is 278 Å². The normalized spacial score (nSPS) is 11.3. The standard InChI is InChI=1S/C45H30N3/c1-4-13-31(14-5-1)33-23-25-34(26-24-33)43-46-44(35-17-8-3-9-18-35)48-40-29-38(32-15-6-2-7-16-32)28-39(30-40)42-22-11-10-21-41(42)36-19-12-20-37(27-36)45(48)47-43/h1-30H/q+1. The molecule has 0 saturated heterocycles. The molecule has 4 bridgehead atoms. The predicted molar refractivity (Wildman–Crippen MR) is 198 cm³/mol. The van der Waals surface area contributed by atoms with Crippen LogP contribution >= 0.6 is 0 Å². The van der Waals surface area contributed by atoms with Crippen molar-refractivity contribution in [1.82, 2.24) is 9.97 Å². The van der Waals surface area contributed by atoms with E-state index in [0.29, 0.717) is 5.82 Å². The van der Waals surface area contributed by atoms with Crippen LogP contribution < -0.4 is 4.40 Å². The molecular weight excluding hydrogens is 583 g/mol. The molecule has 2 aromatic heterocycles. The van der Waals surface area contributed by atoms with Crippen LogP contribution in [0.2, 0.25) is 0 Å². The number of rotatable bonds is 4. The third-order valence-corrected chi connectivity index (χ3v) is 9.08. The Balaban J connectivity index is 1.44. The van der Waals surface area contributed by atoms with Gasteiger partial charge in [0.2, 0.25) is 0 Å². The van der Waals surface area contributed by atoms with E-state index >= 15 is 0 Å². The average Bonchev–Trinajstić information content (AvgIpc) is 3.18. The van der Waals surface area contributed by atoms with Gasteiger partial charge < -0.3 is 0 Å². The Morgan fingerprint density at radius 1 is 0.333 bits per heavy atom. The summed E-state index contributed by atoms with van der Waals surface area (Å²) in [5.74, 6) is 1.51. The fourth-order valence-electron chi connectivity index (χ4n) is 6.72. The van der Waals surface area contributed by atoms with Gasteiger partial charge in [-0.25, -0.2) is 0 Å².